The zero-order chi connectivity index (χ0) is 16.8. The van der Waals surface area contributed by atoms with Gasteiger partial charge in [-0.05, 0) is 54.7 Å². The van der Waals surface area contributed by atoms with Gasteiger partial charge in [0.2, 0.25) is 0 Å². The van der Waals surface area contributed by atoms with Crippen molar-refractivity contribution in [3.8, 4) is 5.75 Å². The summed E-state index contributed by atoms with van der Waals surface area (Å²) in [5, 5.41) is 12.8. The molecule has 1 aromatic heterocycles. The number of methoxy groups -OCH3 is 1. The number of aromatic nitrogens is 1. The van der Waals surface area contributed by atoms with E-state index < -0.39 is 0 Å². The minimum Gasteiger partial charge on any atom is -0.495 e. The number of nitrogens with one attached hydrogen (secondary N) is 1. The number of hydrogen-bond donors (Lipinski definition) is 2. The van der Waals surface area contributed by atoms with Crippen molar-refractivity contribution in [2.75, 3.05) is 12.4 Å². The predicted molar refractivity (Wildman–Crippen MR) is 94.0 cm³/mol. The van der Waals surface area contributed by atoms with Crippen molar-refractivity contribution in [2.24, 2.45) is 0 Å². The van der Waals surface area contributed by atoms with Crippen molar-refractivity contribution in [1.82, 2.24) is 4.98 Å². The van der Waals surface area contributed by atoms with Gasteiger partial charge in [0, 0.05) is 11.4 Å². The monoisotopic (exact) mass is 314 g/mol. The average Bonchev–Trinajstić information content (AvgIpc) is 2.59. The fourth-order valence-electron chi connectivity index (χ4n) is 2.68. The SMILES string of the molecule is CCc1cc(CO)cc(NCc2nc(C)c(CC)cc2OC)c1. The van der Waals surface area contributed by atoms with Gasteiger partial charge in [0.15, 0.2) is 0 Å². The van der Waals surface area contributed by atoms with Gasteiger partial charge < -0.3 is 15.2 Å². The summed E-state index contributed by atoms with van der Waals surface area (Å²) in [7, 11) is 1.68. The Labute approximate surface area is 138 Å². The van der Waals surface area contributed by atoms with Crippen molar-refractivity contribution in [3.05, 3.63) is 52.3 Å². The summed E-state index contributed by atoms with van der Waals surface area (Å²) in [6.07, 6.45) is 1.88. The lowest BCUT2D eigenvalue weighted by Gasteiger charge is -2.14. The molecule has 1 heterocycles. The van der Waals surface area contributed by atoms with Gasteiger partial charge in [-0.25, -0.2) is 0 Å². The lowest BCUT2D eigenvalue weighted by molar-refractivity contribution is 0.282. The van der Waals surface area contributed by atoms with Crippen LogP contribution < -0.4 is 10.1 Å². The lowest BCUT2D eigenvalue weighted by Crippen LogP contribution is -2.07. The molecule has 0 aliphatic rings. The molecular formula is C19H26N2O2. The van der Waals surface area contributed by atoms with Crippen molar-refractivity contribution in [3.63, 3.8) is 0 Å². The molecule has 4 heteroatoms. The second-order valence-electron chi connectivity index (χ2n) is 5.64. The van der Waals surface area contributed by atoms with Gasteiger partial charge in [-0.1, -0.05) is 19.9 Å². The zero-order valence-corrected chi connectivity index (χ0v) is 14.4. The molecule has 0 atom stereocenters. The molecule has 2 rings (SSSR count). The molecule has 2 N–H and O–H groups in total. The molecule has 4 nitrogen and oxygen atoms in total. The van der Waals surface area contributed by atoms with Crippen molar-refractivity contribution < 1.29 is 9.84 Å². The molecule has 0 fully saturated rings. The van der Waals surface area contributed by atoms with Crippen LogP contribution in [-0.2, 0) is 26.0 Å². The molecule has 0 unspecified atom stereocenters. The molecule has 2 aromatic rings. The highest BCUT2D eigenvalue weighted by Crippen LogP contribution is 2.23. The van der Waals surface area contributed by atoms with E-state index in [1.165, 1.54) is 11.1 Å². The van der Waals surface area contributed by atoms with Gasteiger partial charge in [-0.15, -0.1) is 0 Å². The maximum atomic E-state index is 9.38. The van der Waals surface area contributed by atoms with Gasteiger partial charge in [0.1, 0.15) is 11.4 Å². The number of ether oxygens (including phenoxy) is 1. The molecule has 0 saturated heterocycles. The normalized spacial score (nSPS) is 10.7. The second-order valence-corrected chi connectivity index (χ2v) is 5.64. The number of aliphatic hydroxyl groups is 1. The molecule has 23 heavy (non-hydrogen) atoms. The summed E-state index contributed by atoms with van der Waals surface area (Å²) in [4.78, 5) is 4.68. The van der Waals surface area contributed by atoms with Gasteiger partial charge in [0.05, 0.1) is 20.3 Å². The van der Waals surface area contributed by atoms with E-state index in [9.17, 15) is 5.11 Å². The minimum atomic E-state index is 0.0500. The van der Waals surface area contributed by atoms with Crippen molar-refractivity contribution in [1.29, 1.82) is 0 Å². The lowest BCUT2D eigenvalue weighted by atomic mass is 10.1. The first kappa shape index (κ1) is 17.3. The highest BCUT2D eigenvalue weighted by Gasteiger charge is 2.09. The largest absolute Gasteiger partial charge is 0.495 e. The van der Waals surface area contributed by atoms with E-state index in [1.54, 1.807) is 7.11 Å². The first-order valence-electron chi connectivity index (χ1n) is 8.12. The molecular weight excluding hydrogens is 288 g/mol. The van der Waals surface area contributed by atoms with E-state index in [1.807, 2.05) is 19.1 Å². The Morgan fingerprint density at radius 2 is 1.83 bits per heavy atom. The summed E-state index contributed by atoms with van der Waals surface area (Å²) in [5.74, 6) is 0.814. The molecule has 0 bridgehead atoms. The predicted octanol–water partition coefficient (Wildman–Crippen LogP) is 3.63. The number of aryl methyl sites for hydroxylation is 3. The number of benzene rings is 1. The van der Waals surface area contributed by atoms with E-state index in [-0.39, 0.29) is 6.61 Å². The Kier molecular flexibility index (Phi) is 5.99. The highest BCUT2D eigenvalue weighted by molar-refractivity contribution is 5.50. The molecule has 0 amide bonds. The molecule has 0 aliphatic carbocycles. The maximum Gasteiger partial charge on any atom is 0.142 e. The maximum absolute atomic E-state index is 9.38. The van der Waals surface area contributed by atoms with Crippen LogP contribution in [0.4, 0.5) is 5.69 Å². The minimum absolute atomic E-state index is 0.0500. The summed E-state index contributed by atoms with van der Waals surface area (Å²) < 4.78 is 5.48. The smallest absolute Gasteiger partial charge is 0.142 e. The molecule has 124 valence electrons. The standard InChI is InChI=1S/C19H26N2O2/c1-5-14-7-15(12-22)9-17(8-14)20-11-18-19(23-4)10-16(6-2)13(3)21-18/h7-10,20,22H,5-6,11-12H2,1-4H3. The molecule has 1 aromatic carbocycles. The summed E-state index contributed by atoms with van der Waals surface area (Å²) in [6, 6.07) is 8.18. The quantitative estimate of drug-likeness (QED) is 0.819. The van der Waals surface area contributed by atoms with Crippen LogP contribution in [0.15, 0.2) is 24.3 Å². The van der Waals surface area contributed by atoms with Crippen LogP contribution in [-0.4, -0.2) is 17.2 Å². The topological polar surface area (TPSA) is 54.4 Å². The van der Waals surface area contributed by atoms with E-state index in [4.69, 9.17) is 4.74 Å². The number of anilines is 1. The van der Waals surface area contributed by atoms with Gasteiger partial charge in [-0.3, -0.25) is 4.98 Å². The Morgan fingerprint density at radius 3 is 2.43 bits per heavy atom. The first-order valence-corrected chi connectivity index (χ1v) is 8.12. The van der Waals surface area contributed by atoms with Crippen molar-refractivity contribution in [2.45, 2.75) is 46.8 Å². The Morgan fingerprint density at radius 1 is 1.09 bits per heavy atom. The van der Waals surface area contributed by atoms with Gasteiger partial charge >= 0.3 is 0 Å². The number of aliphatic hydroxyl groups excluding tert-OH is 1. The highest BCUT2D eigenvalue weighted by atomic mass is 16.5. The van der Waals surface area contributed by atoms with Crippen LogP contribution in [0.3, 0.4) is 0 Å². The van der Waals surface area contributed by atoms with E-state index in [0.717, 1.165) is 41.2 Å². The van der Waals surface area contributed by atoms with E-state index >= 15 is 0 Å². The number of pyridine rings is 1. The average molecular weight is 314 g/mol. The second kappa shape index (κ2) is 7.97. The summed E-state index contributed by atoms with van der Waals surface area (Å²) in [6.45, 7) is 6.90. The zero-order valence-electron chi connectivity index (χ0n) is 14.4. The van der Waals surface area contributed by atoms with Crippen LogP contribution in [0.1, 0.15) is 41.9 Å². The Bertz CT molecular complexity index is 646. The van der Waals surface area contributed by atoms with E-state index in [0.29, 0.717) is 6.54 Å². The summed E-state index contributed by atoms with van der Waals surface area (Å²) >= 11 is 0. The Hall–Kier alpha value is -2.07. The van der Waals surface area contributed by atoms with Crippen LogP contribution in [0, 0.1) is 6.92 Å². The van der Waals surface area contributed by atoms with Crippen LogP contribution in [0.25, 0.3) is 0 Å². The fraction of sp³-hybridized carbons (Fsp3) is 0.421. The third-order valence-electron chi connectivity index (χ3n) is 4.06. The number of nitrogens with zero attached hydrogens (tertiary/aromatic N) is 1. The van der Waals surface area contributed by atoms with Gasteiger partial charge in [0.25, 0.3) is 0 Å². The fourth-order valence-corrected chi connectivity index (χ4v) is 2.68. The summed E-state index contributed by atoms with van der Waals surface area (Å²) in [5.41, 5.74) is 6.27. The van der Waals surface area contributed by atoms with Crippen LogP contribution in [0.2, 0.25) is 0 Å². The van der Waals surface area contributed by atoms with Crippen LogP contribution in [0.5, 0.6) is 5.75 Å². The first-order chi connectivity index (χ1) is 11.1. The molecule has 0 saturated carbocycles. The molecule has 0 aliphatic heterocycles. The third-order valence-corrected chi connectivity index (χ3v) is 4.06. The third kappa shape index (κ3) is 4.23. The molecule has 0 radical (unpaired) electrons. The van der Waals surface area contributed by atoms with Crippen molar-refractivity contribution >= 4 is 5.69 Å². The number of rotatable bonds is 7. The van der Waals surface area contributed by atoms with Gasteiger partial charge in [-0.2, -0.15) is 0 Å². The molecule has 0 spiro atoms. The van der Waals surface area contributed by atoms with E-state index in [2.05, 4.69) is 36.3 Å². The van der Waals surface area contributed by atoms with Crippen LogP contribution >= 0.6 is 0 Å². The number of hydrogen-bond acceptors (Lipinski definition) is 4. The Balaban J connectivity index is 2.22.